The lowest BCUT2D eigenvalue weighted by atomic mass is 10.00. The number of likely N-dealkylation sites (tertiary alicyclic amines) is 1. The SMILES string of the molecule is O=C(C1CC=CC1)N1CC(N2CCNCC2)C1. The van der Waals surface area contributed by atoms with Crippen molar-refractivity contribution in [2.75, 3.05) is 39.3 Å². The molecule has 4 heteroatoms. The first-order valence-corrected chi connectivity index (χ1v) is 6.73. The monoisotopic (exact) mass is 235 g/mol. The summed E-state index contributed by atoms with van der Waals surface area (Å²) in [5.74, 6) is 0.625. The predicted molar refractivity (Wildman–Crippen MR) is 66.7 cm³/mol. The van der Waals surface area contributed by atoms with Crippen molar-refractivity contribution in [3.63, 3.8) is 0 Å². The third-order valence-corrected chi connectivity index (χ3v) is 4.20. The number of carbonyl (C=O) groups is 1. The van der Waals surface area contributed by atoms with Crippen LogP contribution in [0.5, 0.6) is 0 Å². The first-order chi connectivity index (χ1) is 8.34. The van der Waals surface area contributed by atoms with Crippen molar-refractivity contribution in [1.82, 2.24) is 15.1 Å². The van der Waals surface area contributed by atoms with Crippen LogP contribution in [-0.2, 0) is 4.79 Å². The van der Waals surface area contributed by atoms with Gasteiger partial charge in [-0.05, 0) is 12.8 Å². The summed E-state index contributed by atoms with van der Waals surface area (Å²) < 4.78 is 0. The minimum absolute atomic E-state index is 0.249. The number of allylic oxidation sites excluding steroid dienone is 2. The molecule has 0 bridgehead atoms. The summed E-state index contributed by atoms with van der Waals surface area (Å²) in [6.07, 6.45) is 6.17. The minimum Gasteiger partial charge on any atom is -0.339 e. The maximum atomic E-state index is 12.1. The van der Waals surface area contributed by atoms with E-state index >= 15 is 0 Å². The molecule has 0 aromatic carbocycles. The molecule has 1 N–H and O–H groups in total. The van der Waals surface area contributed by atoms with Gasteiger partial charge in [-0.3, -0.25) is 9.69 Å². The molecule has 0 atom stereocenters. The summed E-state index contributed by atoms with van der Waals surface area (Å²) in [6.45, 7) is 6.37. The van der Waals surface area contributed by atoms with Gasteiger partial charge in [-0.25, -0.2) is 0 Å². The van der Waals surface area contributed by atoms with Crippen LogP contribution in [0.1, 0.15) is 12.8 Å². The van der Waals surface area contributed by atoms with Crippen LogP contribution in [0.2, 0.25) is 0 Å². The largest absolute Gasteiger partial charge is 0.339 e. The first-order valence-electron chi connectivity index (χ1n) is 6.73. The van der Waals surface area contributed by atoms with E-state index in [1.807, 2.05) is 4.90 Å². The summed E-state index contributed by atoms with van der Waals surface area (Å²) in [5.41, 5.74) is 0. The van der Waals surface area contributed by atoms with Gasteiger partial charge < -0.3 is 10.2 Å². The number of amides is 1. The molecule has 2 heterocycles. The third-order valence-electron chi connectivity index (χ3n) is 4.20. The Morgan fingerprint density at radius 3 is 2.41 bits per heavy atom. The minimum atomic E-state index is 0.249. The Balaban J connectivity index is 1.45. The van der Waals surface area contributed by atoms with Gasteiger partial charge in [0.15, 0.2) is 0 Å². The molecule has 1 aliphatic carbocycles. The summed E-state index contributed by atoms with van der Waals surface area (Å²) in [5, 5.41) is 3.37. The number of nitrogens with one attached hydrogen (secondary N) is 1. The van der Waals surface area contributed by atoms with Crippen molar-refractivity contribution in [3.05, 3.63) is 12.2 Å². The number of hydrogen-bond acceptors (Lipinski definition) is 3. The average Bonchev–Trinajstić information content (AvgIpc) is 2.81. The van der Waals surface area contributed by atoms with Gasteiger partial charge in [0.1, 0.15) is 0 Å². The smallest absolute Gasteiger partial charge is 0.226 e. The lowest BCUT2D eigenvalue weighted by molar-refractivity contribution is -0.142. The van der Waals surface area contributed by atoms with Crippen LogP contribution in [0, 0.1) is 5.92 Å². The van der Waals surface area contributed by atoms with Gasteiger partial charge >= 0.3 is 0 Å². The molecule has 0 spiro atoms. The van der Waals surface area contributed by atoms with Crippen LogP contribution >= 0.6 is 0 Å². The normalized spacial score (nSPS) is 27.4. The van der Waals surface area contributed by atoms with E-state index in [-0.39, 0.29) is 5.92 Å². The van der Waals surface area contributed by atoms with E-state index in [0.717, 1.165) is 52.1 Å². The van der Waals surface area contributed by atoms with Crippen LogP contribution in [0.15, 0.2) is 12.2 Å². The molecular weight excluding hydrogens is 214 g/mol. The van der Waals surface area contributed by atoms with Gasteiger partial charge in [0.05, 0.1) is 0 Å². The molecule has 3 rings (SSSR count). The summed E-state index contributed by atoms with van der Waals surface area (Å²) >= 11 is 0. The van der Waals surface area contributed by atoms with Crippen LogP contribution in [0.3, 0.4) is 0 Å². The highest BCUT2D eigenvalue weighted by Crippen LogP contribution is 2.24. The molecule has 2 fully saturated rings. The molecule has 17 heavy (non-hydrogen) atoms. The highest BCUT2D eigenvalue weighted by Gasteiger charge is 2.37. The Morgan fingerprint density at radius 2 is 1.76 bits per heavy atom. The van der Waals surface area contributed by atoms with E-state index in [9.17, 15) is 4.79 Å². The number of carbonyl (C=O) groups excluding carboxylic acids is 1. The summed E-state index contributed by atoms with van der Waals surface area (Å²) in [7, 11) is 0. The van der Waals surface area contributed by atoms with Crippen molar-refractivity contribution >= 4 is 5.91 Å². The number of nitrogens with zero attached hydrogens (tertiary/aromatic N) is 2. The zero-order valence-corrected chi connectivity index (χ0v) is 10.3. The van der Waals surface area contributed by atoms with E-state index in [1.165, 1.54) is 0 Å². The molecule has 0 aromatic rings. The van der Waals surface area contributed by atoms with Gasteiger partial charge in [0.2, 0.25) is 5.91 Å². The van der Waals surface area contributed by atoms with Crippen LogP contribution < -0.4 is 5.32 Å². The highest BCUT2D eigenvalue weighted by molar-refractivity contribution is 5.80. The first kappa shape index (κ1) is 11.2. The lowest BCUT2D eigenvalue weighted by Gasteiger charge is -2.47. The maximum absolute atomic E-state index is 12.1. The molecule has 2 aliphatic heterocycles. The van der Waals surface area contributed by atoms with Gasteiger partial charge in [-0.2, -0.15) is 0 Å². The molecule has 0 radical (unpaired) electrons. The van der Waals surface area contributed by atoms with Crippen molar-refractivity contribution < 1.29 is 4.79 Å². The Morgan fingerprint density at radius 1 is 1.12 bits per heavy atom. The van der Waals surface area contributed by atoms with Crippen molar-refractivity contribution in [1.29, 1.82) is 0 Å². The molecule has 94 valence electrons. The van der Waals surface area contributed by atoms with Crippen LogP contribution in [-0.4, -0.2) is 61.0 Å². The Labute approximate surface area is 103 Å². The lowest BCUT2D eigenvalue weighted by Crippen LogP contribution is -2.64. The predicted octanol–water partition coefficient (Wildman–Crippen LogP) is 0.0686. The Hall–Kier alpha value is -0.870. The van der Waals surface area contributed by atoms with E-state index in [4.69, 9.17) is 0 Å². The van der Waals surface area contributed by atoms with Gasteiger partial charge in [-0.15, -0.1) is 0 Å². The second-order valence-corrected chi connectivity index (χ2v) is 5.32. The fourth-order valence-electron chi connectivity index (χ4n) is 2.99. The van der Waals surface area contributed by atoms with E-state index in [2.05, 4.69) is 22.4 Å². The molecule has 0 saturated carbocycles. The quantitative estimate of drug-likeness (QED) is 0.688. The molecule has 0 aromatic heterocycles. The fraction of sp³-hybridized carbons (Fsp3) is 0.769. The van der Waals surface area contributed by atoms with Crippen molar-refractivity contribution in [2.24, 2.45) is 5.92 Å². The number of rotatable bonds is 2. The summed E-state index contributed by atoms with van der Waals surface area (Å²) in [4.78, 5) is 16.7. The zero-order valence-electron chi connectivity index (χ0n) is 10.3. The van der Waals surface area contributed by atoms with Crippen LogP contribution in [0.25, 0.3) is 0 Å². The summed E-state index contributed by atoms with van der Waals surface area (Å²) in [6, 6.07) is 0.621. The standard InChI is InChI=1S/C13H21N3O/c17-13(11-3-1-2-4-11)16-9-12(10-16)15-7-5-14-6-8-15/h1-2,11-12,14H,3-10H2. The van der Waals surface area contributed by atoms with E-state index < -0.39 is 0 Å². The second kappa shape index (κ2) is 4.78. The molecule has 2 saturated heterocycles. The Bertz CT molecular complexity index is 309. The van der Waals surface area contributed by atoms with E-state index in [0.29, 0.717) is 11.9 Å². The topological polar surface area (TPSA) is 35.6 Å². The van der Waals surface area contributed by atoms with Crippen molar-refractivity contribution in [3.8, 4) is 0 Å². The van der Waals surface area contributed by atoms with Crippen molar-refractivity contribution in [2.45, 2.75) is 18.9 Å². The molecule has 4 nitrogen and oxygen atoms in total. The van der Waals surface area contributed by atoms with E-state index in [1.54, 1.807) is 0 Å². The zero-order chi connectivity index (χ0) is 11.7. The third kappa shape index (κ3) is 2.24. The average molecular weight is 235 g/mol. The second-order valence-electron chi connectivity index (χ2n) is 5.32. The maximum Gasteiger partial charge on any atom is 0.226 e. The number of piperazine rings is 1. The highest BCUT2D eigenvalue weighted by atomic mass is 16.2. The van der Waals surface area contributed by atoms with Crippen LogP contribution in [0.4, 0.5) is 0 Å². The molecule has 1 amide bonds. The Kier molecular flexibility index (Phi) is 3.16. The molecule has 3 aliphatic rings. The van der Waals surface area contributed by atoms with Gasteiger partial charge in [0, 0.05) is 51.2 Å². The fourth-order valence-corrected chi connectivity index (χ4v) is 2.99. The molecular formula is C13H21N3O. The molecule has 0 unspecified atom stereocenters. The van der Waals surface area contributed by atoms with Gasteiger partial charge in [0.25, 0.3) is 0 Å². The van der Waals surface area contributed by atoms with Gasteiger partial charge in [-0.1, -0.05) is 12.2 Å². The number of hydrogen-bond donors (Lipinski definition) is 1.